The molecular formula is C19H20N2O6. The standard InChI is InChI=1S/C19H20N2O6/c1-11(22)26-8-4-5-14-13(10-27-12(2)23)17-18(20(14)3)16(24)9-15(19(17)25)21-6-7-21/h4-5,9H,6-8,10H2,1-3H3/b5-4+. The van der Waals surface area contributed by atoms with E-state index in [1.165, 1.54) is 19.9 Å². The Morgan fingerprint density at radius 2 is 1.81 bits per heavy atom. The van der Waals surface area contributed by atoms with Crippen LogP contribution in [-0.4, -0.2) is 52.7 Å². The second-order valence-electron chi connectivity index (χ2n) is 6.34. The number of esters is 2. The average Bonchev–Trinajstić information content (AvgIpc) is 3.38. The monoisotopic (exact) mass is 372 g/mol. The first-order valence-corrected chi connectivity index (χ1v) is 8.51. The number of aromatic nitrogens is 1. The Morgan fingerprint density at radius 1 is 1.15 bits per heavy atom. The van der Waals surface area contributed by atoms with Crippen molar-refractivity contribution >= 4 is 29.6 Å². The maximum Gasteiger partial charge on any atom is 0.302 e. The van der Waals surface area contributed by atoms with Gasteiger partial charge in [-0.3, -0.25) is 19.2 Å². The second kappa shape index (κ2) is 7.22. The van der Waals surface area contributed by atoms with Crippen molar-refractivity contribution in [1.29, 1.82) is 0 Å². The predicted octanol–water partition coefficient (Wildman–Crippen LogP) is 1.24. The molecule has 0 atom stereocenters. The van der Waals surface area contributed by atoms with Crippen molar-refractivity contribution in [2.24, 2.45) is 7.05 Å². The summed E-state index contributed by atoms with van der Waals surface area (Å²) in [5.41, 5.74) is 1.92. The molecule has 1 fully saturated rings. The van der Waals surface area contributed by atoms with Gasteiger partial charge in [-0.1, -0.05) is 0 Å². The molecular weight excluding hydrogens is 352 g/mol. The first-order chi connectivity index (χ1) is 12.8. The molecule has 0 spiro atoms. The van der Waals surface area contributed by atoms with Crippen LogP contribution in [0.3, 0.4) is 0 Å². The molecule has 27 heavy (non-hydrogen) atoms. The Hall–Kier alpha value is -3.16. The molecule has 1 aliphatic heterocycles. The van der Waals surface area contributed by atoms with Gasteiger partial charge in [0.1, 0.15) is 18.9 Å². The third-order valence-corrected chi connectivity index (χ3v) is 4.37. The van der Waals surface area contributed by atoms with Gasteiger partial charge in [0, 0.05) is 51.3 Å². The van der Waals surface area contributed by atoms with Gasteiger partial charge >= 0.3 is 11.9 Å². The summed E-state index contributed by atoms with van der Waals surface area (Å²) in [4.78, 5) is 49.6. The first kappa shape index (κ1) is 18.6. The highest BCUT2D eigenvalue weighted by atomic mass is 16.5. The van der Waals surface area contributed by atoms with Crippen LogP contribution in [0.1, 0.15) is 46.0 Å². The van der Waals surface area contributed by atoms with Crippen molar-refractivity contribution in [2.75, 3.05) is 19.7 Å². The maximum absolute atomic E-state index is 13.0. The lowest BCUT2D eigenvalue weighted by Crippen LogP contribution is -2.23. The number of nitrogens with zero attached hydrogens (tertiary/aromatic N) is 2. The summed E-state index contributed by atoms with van der Waals surface area (Å²) in [7, 11) is 1.67. The number of carbonyl (C=O) groups is 4. The summed E-state index contributed by atoms with van der Waals surface area (Å²) in [5, 5.41) is 0. The van der Waals surface area contributed by atoms with Gasteiger partial charge in [0.05, 0.1) is 11.3 Å². The van der Waals surface area contributed by atoms with Gasteiger partial charge in [0.2, 0.25) is 11.6 Å². The molecule has 0 unspecified atom stereocenters. The third kappa shape index (κ3) is 3.69. The first-order valence-electron chi connectivity index (χ1n) is 8.51. The zero-order valence-corrected chi connectivity index (χ0v) is 15.4. The van der Waals surface area contributed by atoms with Crippen LogP contribution in [0.5, 0.6) is 0 Å². The Balaban J connectivity index is 2.03. The van der Waals surface area contributed by atoms with E-state index in [1.54, 1.807) is 23.8 Å². The van der Waals surface area contributed by atoms with E-state index >= 15 is 0 Å². The normalized spacial score (nSPS) is 15.7. The fourth-order valence-corrected chi connectivity index (χ4v) is 3.06. The second-order valence-corrected chi connectivity index (χ2v) is 6.34. The predicted molar refractivity (Wildman–Crippen MR) is 94.9 cm³/mol. The molecule has 1 aliphatic carbocycles. The molecule has 3 rings (SSSR count). The number of ketones is 2. The van der Waals surface area contributed by atoms with E-state index in [9.17, 15) is 19.2 Å². The molecule has 142 valence electrons. The Labute approximate surface area is 156 Å². The Morgan fingerprint density at radius 3 is 2.41 bits per heavy atom. The van der Waals surface area contributed by atoms with Crippen molar-refractivity contribution in [3.05, 3.63) is 40.4 Å². The third-order valence-electron chi connectivity index (χ3n) is 4.37. The van der Waals surface area contributed by atoms with E-state index in [-0.39, 0.29) is 36.0 Å². The fourth-order valence-electron chi connectivity index (χ4n) is 3.06. The van der Waals surface area contributed by atoms with Gasteiger partial charge in [-0.2, -0.15) is 0 Å². The van der Waals surface area contributed by atoms with Crippen LogP contribution in [-0.2, 0) is 32.7 Å². The van der Waals surface area contributed by atoms with Crippen molar-refractivity contribution in [3.63, 3.8) is 0 Å². The molecule has 2 heterocycles. The van der Waals surface area contributed by atoms with Crippen LogP contribution in [0.4, 0.5) is 0 Å². The topological polar surface area (TPSA) is 94.7 Å². The number of rotatable bonds is 6. The lowest BCUT2D eigenvalue weighted by Gasteiger charge is -2.15. The summed E-state index contributed by atoms with van der Waals surface area (Å²) in [6.07, 6.45) is 4.62. The number of allylic oxidation sites excluding steroid dienone is 2. The minimum atomic E-state index is -0.487. The van der Waals surface area contributed by atoms with E-state index in [1.807, 2.05) is 4.90 Å². The summed E-state index contributed by atoms with van der Waals surface area (Å²) in [5.74, 6) is -1.42. The molecule has 0 radical (unpaired) electrons. The van der Waals surface area contributed by atoms with Crippen LogP contribution in [0.15, 0.2) is 17.8 Å². The molecule has 0 bridgehead atoms. The number of hydrogen-bond donors (Lipinski definition) is 0. The lowest BCUT2D eigenvalue weighted by molar-refractivity contribution is -0.142. The lowest BCUT2D eigenvalue weighted by atomic mass is 9.95. The van der Waals surface area contributed by atoms with Crippen LogP contribution < -0.4 is 0 Å². The zero-order chi connectivity index (χ0) is 19.7. The maximum atomic E-state index is 13.0. The zero-order valence-electron chi connectivity index (χ0n) is 15.4. The minimum Gasteiger partial charge on any atom is -0.462 e. The number of hydrogen-bond acceptors (Lipinski definition) is 7. The number of ether oxygens (including phenoxy) is 2. The summed E-state index contributed by atoms with van der Waals surface area (Å²) >= 11 is 0. The quantitative estimate of drug-likeness (QED) is 0.548. The van der Waals surface area contributed by atoms with Gasteiger partial charge in [0.15, 0.2) is 0 Å². The Kier molecular flexibility index (Phi) is 4.98. The van der Waals surface area contributed by atoms with Crippen molar-refractivity contribution in [3.8, 4) is 0 Å². The largest absolute Gasteiger partial charge is 0.462 e. The Bertz CT molecular complexity index is 902. The number of fused-ring (bicyclic) bond motifs is 1. The van der Waals surface area contributed by atoms with E-state index in [0.717, 1.165) is 13.1 Å². The van der Waals surface area contributed by atoms with Gasteiger partial charge in [-0.05, 0) is 12.2 Å². The van der Waals surface area contributed by atoms with Crippen LogP contribution in [0.2, 0.25) is 0 Å². The summed E-state index contributed by atoms with van der Waals surface area (Å²) < 4.78 is 11.6. The SMILES string of the molecule is CC(=O)OC/C=C/c1c(COC(C)=O)c2c(n1C)C(=O)C=C(N1CC1)C2=O. The highest BCUT2D eigenvalue weighted by Gasteiger charge is 2.38. The molecule has 0 N–H and O–H groups in total. The molecule has 1 saturated heterocycles. The van der Waals surface area contributed by atoms with Crippen molar-refractivity contribution < 1.29 is 28.7 Å². The summed E-state index contributed by atoms with van der Waals surface area (Å²) in [6.45, 7) is 3.98. The van der Waals surface area contributed by atoms with Gasteiger partial charge in [-0.15, -0.1) is 0 Å². The van der Waals surface area contributed by atoms with Crippen LogP contribution in [0.25, 0.3) is 6.08 Å². The van der Waals surface area contributed by atoms with Gasteiger partial charge < -0.3 is 18.9 Å². The smallest absolute Gasteiger partial charge is 0.302 e. The van der Waals surface area contributed by atoms with E-state index < -0.39 is 11.9 Å². The van der Waals surface area contributed by atoms with E-state index in [2.05, 4.69) is 0 Å². The molecule has 8 heteroatoms. The number of Topliss-reactive ketones (excluding diaryl/α,β-unsaturated/α-hetero) is 1. The molecule has 1 aromatic heterocycles. The molecule has 8 nitrogen and oxygen atoms in total. The fraction of sp³-hybridized carbons (Fsp3) is 0.368. The van der Waals surface area contributed by atoms with Crippen LogP contribution >= 0.6 is 0 Å². The highest BCUT2D eigenvalue weighted by Crippen LogP contribution is 2.33. The van der Waals surface area contributed by atoms with Crippen LogP contribution in [0, 0.1) is 0 Å². The molecule has 0 amide bonds. The highest BCUT2D eigenvalue weighted by molar-refractivity contribution is 6.25. The van der Waals surface area contributed by atoms with Crippen molar-refractivity contribution in [2.45, 2.75) is 20.5 Å². The van der Waals surface area contributed by atoms with Gasteiger partial charge in [0.25, 0.3) is 0 Å². The van der Waals surface area contributed by atoms with Crippen molar-refractivity contribution in [1.82, 2.24) is 9.47 Å². The molecule has 0 aromatic carbocycles. The van der Waals surface area contributed by atoms with Gasteiger partial charge in [-0.25, -0.2) is 0 Å². The molecule has 1 aromatic rings. The number of carbonyl (C=O) groups excluding carboxylic acids is 4. The average molecular weight is 372 g/mol. The molecule has 2 aliphatic rings. The minimum absolute atomic E-state index is 0.0529. The van der Waals surface area contributed by atoms with E-state index in [4.69, 9.17) is 9.47 Å². The summed E-state index contributed by atoms with van der Waals surface area (Å²) in [6, 6.07) is 0. The molecule has 0 saturated carbocycles. The van der Waals surface area contributed by atoms with E-state index in [0.29, 0.717) is 17.0 Å².